The van der Waals surface area contributed by atoms with Crippen molar-refractivity contribution < 1.29 is 14.7 Å². The number of rotatable bonds is 5. The van der Waals surface area contributed by atoms with Gasteiger partial charge < -0.3 is 10.0 Å². The number of carboxylic acids is 1. The molecule has 1 rings (SSSR count). The second kappa shape index (κ2) is 5.90. The van der Waals surface area contributed by atoms with Gasteiger partial charge in [-0.25, -0.2) is 0 Å². The third-order valence-corrected chi connectivity index (χ3v) is 2.28. The summed E-state index contributed by atoms with van der Waals surface area (Å²) in [4.78, 5) is 23.0. The van der Waals surface area contributed by atoms with Crippen LogP contribution in [0.25, 0.3) is 0 Å². The van der Waals surface area contributed by atoms with Gasteiger partial charge in [-0.15, -0.1) is 0 Å². The molecule has 16 heavy (non-hydrogen) atoms. The van der Waals surface area contributed by atoms with Crippen LogP contribution in [0.2, 0.25) is 0 Å². The molecular weight excluding hydrogens is 206 g/mol. The van der Waals surface area contributed by atoms with Crippen molar-refractivity contribution in [3.63, 3.8) is 0 Å². The van der Waals surface area contributed by atoms with E-state index in [4.69, 9.17) is 5.11 Å². The molecule has 1 aromatic rings. The molecule has 0 aliphatic heterocycles. The second-order valence-corrected chi connectivity index (χ2v) is 3.57. The van der Waals surface area contributed by atoms with E-state index < -0.39 is 5.97 Å². The van der Waals surface area contributed by atoms with Gasteiger partial charge in [0.05, 0.1) is 0 Å². The Morgan fingerprint density at radius 3 is 2.38 bits per heavy atom. The van der Waals surface area contributed by atoms with E-state index >= 15 is 0 Å². The van der Waals surface area contributed by atoms with Gasteiger partial charge in [0.2, 0.25) is 5.91 Å². The van der Waals surface area contributed by atoms with Gasteiger partial charge in [-0.05, 0) is 12.0 Å². The Balaban J connectivity index is 2.50. The van der Waals surface area contributed by atoms with Crippen LogP contribution >= 0.6 is 0 Å². The van der Waals surface area contributed by atoms with Crippen LogP contribution in [0.4, 0.5) is 0 Å². The first kappa shape index (κ1) is 12.2. The van der Waals surface area contributed by atoms with E-state index in [1.165, 1.54) is 11.8 Å². The fourth-order valence-corrected chi connectivity index (χ4v) is 1.42. The molecule has 0 saturated heterocycles. The molecule has 0 unspecified atom stereocenters. The average molecular weight is 221 g/mol. The first-order valence-electron chi connectivity index (χ1n) is 5.11. The van der Waals surface area contributed by atoms with Crippen molar-refractivity contribution in [1.29, 1.82) is 0 Å². The maximum atomic E-state index is 11.2. The van der Waals surface area contributed by atoms with Crippen LogP contribution in [-0.4, -0.2) is 35.0 Å². The van der Waals surface area contributed by atoms with Gasteiger partial charge >= 0.3 is 5.97 Å². The molecule has 0 saturated carbocycles. The Bertz CT molecular complexity index is 362. The summed E-state index contributed by atoms with van der Waals surface area (Å²) >= 11 is 0. The summed E-state index contributed by atoms with van der Waals surface area (Å²) < 4.78 is 0. The smallest absolute Gasteiger partial charge is 0.323 e. The number of hydrogen-bond donors (Lipinski definition) is 1. The first-order chi connectivity index (χ1) is 7.59. The van der Waals surface area contributed by atoms with Crippen LogP contribution in [0, 0.1) is 0 Å². The Kier molecular flexibility index (Phi) is 4.51. The van der Waals surface area contributed by atoms with Crippen LogP contribution in [0.5, 0.6) is 0 Å². The van der Waals surface area contributed by atoms with Crippen LogP contribution in [0.1, 0.15) is 12.5 Å². The lowest BCUT2D eigenvalue weighted by Crippen LogP contribution is -2.35. The lowest BCUT2D eigenvalue weighted by molar-refractivity contribution is -0.143. The zero-order valence-corrected chi connectivity index (χ0v) is 9.22. The highest BCUT2D eigenvalue weighted by Crippen LogP contribution is 2.01. The van der Waals surface area contributed by atoms with E-state index in [1.807, 2.05) is 30.3 Å². The number of hydrogen-bond acceptors (Lipinski definition) is 2. The molecule has 1 aromatic carbocycles. The van der Waals surface area contributed by atoms with Crippen molar-refractivity contribution in [2.75, 3.05) is 13.1 Å². The lowest BCUT2D eigenvalue weighted by Gasteiger charge is -2.18. The Morgan fingerprint density at radius 1 is 1.25 bits per heavy atom. The topological polar surface area (TPSA) is 57.6 Å². The molecule has 0 fully saturated rings. The largest absolute Gasteiger partial charge is 0.480 e. The predicted octanol–water partition coefficient (Wildman–Crippen LogP) is 1.16. The van der Waals surface area contributed by atoms with E-state index in [9.17, 15) is 9.59 Å². The van der Waals surface area contributed by atoms with E-state index in [1.54, 1.807) is 0 Å². The molecule has 4 nitrogen and oxygen atoms in total. The van der Waals surface area contributed by atoms with Crippen molar-refractivity contribution in [1.82, 2.24) is 4.90 Å². The highest BCUT2D eigenvalue weighted by Gasteiger charge is 2.11. The lowest BCUT2D eigenvalue weighted by atomic mass is 10.1. The molecule has 86 valence electrons. The first-order valence-corrected chi connectivity index (χ1v) is 5.11. The van der Waals surface area contributed by atoms with E-state index in [0.29, 0.717) is 13.0 Å². The predicted molar refractivity (Wildman–Crippen MR) is 60.0 cm³/mol. The molecule has 0 aliphatic carbocycles. The zero-order chi connectivity index (χ0) is 12.0. The molecule has 0 heterocycles. The van der Waals surface area contributed by atoms with Gasteiger partial charge in [-0.3, -0.25) is 9.59 Å². The third kappa shape index (κ3) is 4.13. The number of amides is 1. The number of aliphatic carboxylic acids is 1. The Hall–Kier alpha value is -1.84. The highest BCUT2D eigenvalue weighted by molar-refractivity contribution is 5.79. The summed E-state index contributed by atoms with van der Waals surface area (Å²) in [6.07, 6.45) is 0.674. The Labute approximate surface area is 94.5 Å². The summed E-state index contributed by atoms with van der Waals surface area (Å²) in [5.41, 5.74) is 1.10. The molecule has 0 spiro atoms. The fourth-order valence-electron chi connectivity index (χ4n) is 1.42. The highest BCUT2D eigenvalue weighted by atomic mass is 16.4. The number of carbonyl (C=O) groups excluding carboxylic acids is 1. The van der Waals surface area contributed by atoms with Gasteiger partial charge in [0, 0.05) is 13.5 Å². The van der Waals surface area contributed by atoms with E-state index in [-0.39, 0.29) is 12.5 Å². The summed E-state index contributed by atoms with van der Waals surface area (Å²) in [6, 6.07) is 9.68. The summed E-state index contributed by atoms with van der Waals surface area (Å²) in [7, 11) is 0. The summed E-state index contributed by atoms with van der Waals surface area (Å²) in [5.74, 6) is -1.19. The molecule has 0 bridgehead atoms. The van der Waals surface area contributed by atoms with E-state index in [0.717, 1.165) is 5.56 Å². The van der Waals surface area contributed by atoms with Gasteiger partial charge in [-0.1, -0.05) is 30.3 Å². The molecular formula is C12H15NO3. The zero-order valence-electron chi connectivity index (χ0n) is 9.22. The number of nitrogens with zero attached hydrogens (tertiary/aromatic N) is 1. The molecule has 0 aromatic heterocycles. The summed E-state index contributed by atoms with van der Waals surface area (Å²) in [6.45, 7) is 1.59. The molecule has 1 N–H and O–H groups in total. The van der Waals surface area contributed by atoms with Crippen LogP contribution in [0.3, 0.4) is 0 Å². The quantitative estimate of drug-likeness (QED) is 0.811. The van der Waals surface area contributed by atoms with Crippen molar-refractivity contribution in [3.8, 4) is 0 Å². The monoisotopic (exact) mass is 221 g/mol. The fraction of sp³-hybridized carbons (Fsp3) is 0.333. The van der Waals surface area contributed by atoms with Crippen molar-refractivity contribution in [2.24, 2.45) is 0 Å². The minimum absolute atomic E-state index is 0.210. The van der Waals surface area contributed by atoms with Crippen molar-refractivity contribution in [2.45, 2.75) is 13.3 Å². The number of carbonyl (C=O) groups is 2. The van der Waals surface area contributed by atoms with Crippen molar-refractivity contribution >= 4 is 11.9 Å². The van der Waals surface area contributed by atoms with Crippen molar-refractivity contribution in [3.05, 3.63) is 35.9 Å². The molecule has 0 aliphatic rings. The molecule has 1 amide bonds. The average Bonchev–Trinajstić information content (AvgIpc) is 2.25. The Morgan fingerprint density at radius 2 is 1.88 bits per heavy atom. The minimum Gasteiger partial charge on any atom is -0.480 e. The van der Waals surface area contributed by atoms with Gasteiger partial charge in [0.1, 0.15) is 6.54 Å². The molecule has 0 atom stereocenters. The van der Waals surface area contributed by atoms with Crippen LogP contribution < -0.4 is 0 Å². The van der Waals surface area contributed by atoms with Crippen LogP contribution in [-0.2, 0) is 16.0 Å². The van der Waals surface area contributed by atoms with Gasteiger partial charge in [0.15, 0.2) is 0 Å². The van der Waals surface area contributed by atoms with E-state index in [2.05, 4.69) is 0 Å². The SMILES string of the molecule is CC(=O)N(CCc1ccccc1)CC(=O)O. The maximum absolute atomic E-state index is 11.2. The summed E-state index contributed by atoms with van der Waals surface area (Å²) in [5, 5.41) is 8.64. The molecule has 4 heteroatoms. The number of carboxylic acid groups (broad SMARTS) is 1. The maximum Gasteiger partial charge on any atom is 0.323 e. The second-order valence-electron chi connectivity index (χ2n) is 3.57. The normalized spacial score (nSPS) is 9.81. The van der Waals surface area contributed by atoms with Gasteiger partial charge in [0.25, 0.3) is 0 Å². The number of benzene rings is 1. The third-order valence-electron chi connectivity index (χ3n) is 2.28. The standard InChI is InChI=1S/C12H15NO3/c1-10(14)13(9-12(15)16)8-7-11-5-3-2-4-6-11/h2-6H,7-9H2,1H3,(H,15,16). The van der Waals surface area contributed by atoms with Gasteiger partial charge in [-0.2, -0.15) is 0 Å². The van der Waals surface area contributed by atoms with Crippen LogP contribution in [0.15, 0.2) is 30.3 Å². The minimum atomic E-state index is -0.983. The molecule has 0 radical (unpaired) electrons.